The van der Waals surface area contributed by atoms with Crippen LogP contribution in [0.2, 0.25) is 0 Å². The quantitative estimate of drug-likeness (QED) is 0.817. The number of nitrogens with zero attached hydrogens (tertiary/aromatic N) is 2. The van der Waals surface area contributed by atoms with Crippen molar-refractivity contribution >= 4 is 17.7 Å². The lowest BCUT2D eigenvalue weighted by Gasteiger charge is -2.24. The second kappa shape index (κ2) is 7.21. The number of carbonyl (C=O) groups is 1. The summed E-state index contributed by atoms with van der Waals surface area (Å²) in [5.41, 5.74) is 3.41. The first-order valence-electron chi connectivity index (χ1n) is 7.88. The Morgan fingerprint density at radius 1 is 1.35 bits per heavy atom. The van der Waals surface area contributed by atoms with Gasteiger partial charge in [0.25, 0.3) is 0 Å². The summed E-state index contributed by atoms with van der Waals surface area (Å²) >= 11 is 1.46. The van der Waals surface area contributed by atoms with Crippen molar-refractivity contribution in [1.29, 1.82) is 0 Å². The van der Waals surface area contributed by atoms with Gasteiger partial charge in [-0.3, -0.25) is 9.36 Å². The third kappa shape index (κ3) is 4.38. The van der Waals surface area contributed by atoms with E-state index in [4.69, 9.17) is 0 Å². The monoisotopic (exact) mass is 331 g/mol. The van der Waals surface area contributed by atoms with Gasteiger partial charge in [0.15, 0.2) is 5.16 Å². The van der Waals surface area contributed by atoms with Gasteiger partial charge in [-0.2, -0.15) is 0 Å². The maximum atomic E-state index is 12.1. The van der Waals surface area contributed by atoms with Gasteiger partial charge in [-0.15, -0.1) is 0 Å². The highest BCUT2D eigenvalue weighted by atomic mass is 32.2. The van der Waals surface area contributed by atoms with E-state index in [0.29, 0.717) is 5.75 Å². The number of rotatable bonds is 6. The summed E-state index contributed by atoms with van der Waals surface area (Å²) in [4.78, 5) is 16.5. The van der Waals surface area contributed by atoms with Gasteiger partial charge >= 0.3 is 0 Å². The van der Waals surface area contributed by atoms with E-state index in [1.54, 1.807) is 6.20 Å². The molecule has 0 atom stereocenters. The number of imidazole rings is 1. The van der Waals surface area contributed by atoms with Gasteiger partial charge in [0.2, 0.25) is 5.91 Å². The molecule has 0 aliphatic carbocycles. The van der Waals surface area contributed by atoms with Crippen LogP contribution in [0.1, 0.15) is 38.3 Å². The Labute approximate surface area is 142 Å². The first-order valence-corrected chi connectivity index (χ1v) is 8.86. The summed E-state index contributed by atoms with van der Waals surface area (Å²) in [5.74, 6) is 0.406. The minimum atomic E-state index is -0.166. The Morgan fingerprint density at radius 3 is 2.78 bits per heavy atom. The third-order valence-corrected chi connectivity index (χ3v) is 5.10. The average Bonchev–Trinajstić information content (AvgIpc) is 2.96. The van der Waals surface area contributed by atoms with Crippen molar-refractivity contribution in [3.05, 3.63) is 41.7 Å². The van der Waals surface area contributed by atoms with E-state index in [9.17, 15) is 4.79 Å². The van der Waals surface area contributed by atoms with Gasteiger partial charge in [-0.25, -0.2) is 4.98 Å². The second-order valence-electron chi connectivity index (χ2n) is 6.37. The maximum Gasteiger partial charge on any atom is 0.230 e. The number of aryl methyl sites for hydroxylation is 1. The van der Waals surface area contributed by atoms with Gasteiger partial charge in [-0.05, 0) is 51.3 Å². The Morgan fingerprint density at radius 2 is 2.09 bits per heavy atom. The Hall–Kier alpha value is -1.75. The molecule has 0 saturated heterocycles. The molecule has 1 N–H and O–H groups in total. The normalized spacial score (nSPS) is 11.5. The number of benzene rings is 1. The second-order valence-corrected chi connectivity index (χ2v) is 7.32. The van der Waals surface area contributed by atoms with E-state index in [0.717, 1.165) is 17.3 Å². The molecule has 1 amide bonds. The number of carbonyl (C=O) groups excluding carboxylic acids is 1. The molecule has 124 valence electrons. The molecular weight excluding hydrogens is 306 g/mol. The van der Waals surface area contributed by atoms with Crippen LogP contribution >= 0.6 is 11.8 Å². The van der Waals surface area contributed by atoms with Crippen LogP contribution in [0.15, 0.2) is 35.7 Å². The minimum absolute atomic E-state index is 0.0392. The standard InChI is InChI=1S/C18H25N3OS/c1-6-18(4,5)20-16(22)12-23-17-19-10-11-21(17)15-9-7-8-13(2)14(15)3/h7-11H,6,12H2,1-5H3,(H,20,22). The molecule has 1 aromatic carbocycles. The molecule has 1 aromatic heterocycles. The van der Waals surface area contributed by atoms with Crippen LogP contribution in [0.3, 0.4) is 0 Å². The van der Waals surface area contributed by atoms with Crippen LogP contribution in [-0.2, 0) is 4.79 Å². The molecule has 0 aliphatic rings. The van der Waals surface area contributed by atoms with Crippen molar-refractivity contribution in [1.82, 2.24) is 14.9 Å². The number of nitrogens with one attached hydrogen (secondary N) is 1. The Bertz CT molecular complexity index is 691. The van der Waals surface area contributed by atoms with E-state index in [-0.39, 0.29) is 11.4 Å². The van der Waals surface area contributed by atoms with Gasteiger partial charge in [-0.1, -0.05) is 30.8 Å². The van der Waals surface area contributed by atoms with Crippen molar-refractivity contribution in [3.63, 3.8) is 0 Å². The molecule has 0 fully saturated rings. The average molecular weight is 331 g/mol. The minimum Gasteiger partial charge on any atom is -0.351 e. The first-order chi connectivity index (χ1) is 10.8. The maximum absolute atomic E-state index is 12.1. The highest BCUT2D eigenvalue weighted by molar-refractivity contribution is 7.99. The van der Waals surface area contributed by atoms with Crippen molar-refractivity contribution in [2.75, 3.05) is 5.75 Å². The number of hydrogen-bond donors (Lipinski definition) is 1. The lowest BCUT2D eigenvalue weighted by atomic mass is 10.0. The zero-order valence-corrected chi connectivity index (χ0v) is 15.3. The highest BCUT2D eigenvalue weighted by Crippen LogP contribution is 2.24. The molecule has 0 aliphatic heterocycles. The van der Waals surface area contributed by atoms with Crippen molar-refractivity contribution in [2.24, 2.45) is 0 Å². The molecule has 0 bridgehead atoms. The van der Waals surface area contributed by atoms with Crippen LogP contribution in [0, 0.1) is 13.8 Å². The largest absolute Gasteiger partial charge is 0.351 e. The van der Waals surface area contributed by atoms with Gasteiger partial charge < -0.3 is 5.32 Å². The SMILES string of the molecule is CCC(C)(C)NC(=O)CSc1nccn1-c1cccc(C)c1C. The van der Waals surface area contributed by atoms with E-state index in [2.05, 4.69) is 43.2 Å². The number of thioether (sulfide) groups is 1. The van der Waals surface area contributed by atoms with E-state index in [1.165, 1.54) is 22.9 Å². The van der Waals surface area contributed by atoms with Crippen molar-refractivity contribution < 1.29 is 4.79 Å². The molecule has 0 saturated carbocycles. The molecule has 1 heterocycles. The fraction of sp³-hybridized carbons (Fsp3) is 0.444. The zero-order valence-electron chi connectivity index (χ0n) is 14.5. The van der Waals surface area contributed by atoms with E-state index >= 15 is 0 Å². The van der Waals surface area contributed by atoms with Crippen LogP contribution < -0.4 is 5.32 Å². The molecule has 2 aromatic rings. The van der Waals surface area contributed by atoms with Gasteiger partial charge in [0.05, 0.1) is 11.4 Å². The molecule has 23 heavy (non-hydrogen) atoms. The fourth-order valence-electron chi connectivity index (χ4n) is 2.21. The predicted molar refractivity (Wildman–Crippen MR) is 96.3 cm³/mol. The summed E-state index contributed by atoms with van der Waals surface area (Å²) < 4.78 is 2.05. The topological polar surface area (TPSA) is 46.9 Å². The number of hydrogen-bond acceptors (Lipinski definition) is 3. The van der Waals surface area contributed by atoms with Crippen molar-refractivity contribution in [3.8, 4) is 5.69 Å². The highest BCUT2D eigenvalue weighted by Gasteiger charge is 2.18. The Kier molecular flexibility index (Phi) is 5.52. The third-order valence-electron chi connectivity index (χ3n) is 4.14. The summed E-state index contributed by atoms with van der Waals surface area (Å²) in [6.45, 7) is 10.3. The van der Waals surface area contributed by atoms with Crippen LogP contribution in [0.4, 0.5) is 0 Å². The lowest BCUT2D eigenvalue weighted by molar-refractivity contribution is -0.120. The summed E-state index contributed by atoms with van der Waals surface area (Å²) in [6, 6.07) is 6.22. The molecule has 5 heteroatoms. The summed E-state index contributed by atoms with van der Waals surface area (Å²) in [7, 11) is 0. The zero-order chi connectivity index (χ0) is 17.0. The molecule has 0 unspecified atom stereocenters. The summed E-state index contributed by atoms with van der Waals surface area (Å²) in [5, 5.41) is 3.89. The van der Waals surface area contributed by atoms with Crippen LogP contribution in [-0.4, -0.2) is 26.8 Å². The number of aromatic nitrogens is 2. The van der Waals surface area contributed by atoms with Gasteiger partial charge in [0.1, 0.15) is 0 Å². The lowest BCUT2D eigenvalue weighted by Crippen LogP contribution is -2.43. The molecule has 0 radical (unpaired) electrons. The smallest absolute Gasteiger partial charge is 0.230 e. The molecule has 0 spiro atoms. The van der Waals surface area contributed by atoms with Crippen molar-refractivity contribution in [2.45, 2.75) is 51.7 Å². The Balaban J connectivity index is 2.10. The molecule has 4 nitrogen and oxygen atoms in total. The first kappa shape index (κ1) is 17.6. The van der Waals surface area contributed by atoms with Crippen LogP contribution in [0.5, 0.6) is 0 Å². The number of amides is 1. The molecule has 2 rings (SSSR count). The predicted octanol–water partition coefficient (Wildman–Crippen LogP) is 3.89. The van der Waals surface area contributed by atoms with Crippen LogP contribution in [0.25, 0.3) is 5.69 Å². The molecular formula is C18H25N3OS. The summed E-state index contributed by atoms with van der Waals surface area (Å²) in [6.07, 6.45) is 4.62. The van der Waals surface area contributed by atoms with Gasteiger partial charge in [0, 0.05) is 17.9 Å². The fourth-order valence-corrected chi connectivity index (χ4v) is 2.97. The van der Waals surface area contributed by atoms with E-state index in [1.807, 2.05) is 30.7 Å². The van der Waals surface area contributed by atoms with E-state index < -0.39 is 0 Å².